The minimum Gasteiger partial charge on any atom is -0.377 e. The molecule has 2 aliphatic rings. The molecule has 1 aromatic heterocycles. The van der Waals surface area contributed by atoms with Gasteiger partial charge in [0.25, 0.3) is 0 Å². The first kappa shape index (κ1) is 14.0. The van der Waals surface area contributed by atoms with Crippen LogP contribution in [0.15, 0.2) is 17.5 Å². The predicted octanol–water partition coefficient (Wildman–Crippen LogP) is 2.07. The SMILES string of the molecule is C[C@@H](NC(=O)C1(N)C2CCOC2C1(C)C)c1cccs1. The first-order chi connectivity index (χ1) is 9.39. The summed E-state index contributed by atoms with van der Waals surface area (Å²) in [4.78, 5) is 13.9. The van der Waals surface area contributed by atoms with Gasteiger partial charge in [-0.2, -0.15) is 0 Å². The molecule has 1 amide bonds. The highest BCUT2D eigenvalue weighted by atomic mass is 32.1. The van der Waals surface area contributed by atoms with E-state index < -0.39 is 5.54 Å². The summed E-state index contributed by atoms with van der Waals surface area (Å²) in [5, 5.41) is 5.10. The molecule has 1 saturated carbocycles. The fraction of sp³-hybridized carbons (Fsp3) is 0.667. The summed E-state index contributed by atoms with van der Waals surface area (Å²) in [5.41, 5.74) is 5.39. The van der Waals surface area contributed by atoms with Gasteiger partial charge in [0.05, 0.1) is 12.1 Å². The fourth-order valence-corrected chi connectivity index (χ4v) is 4.50. The maximum Gasteiger partial charge on any atom is 0.241 e. The van der Waals surface area contributed by atoms with Crippen LogP contribution in [0.1, 0.15) is 38.1 Å². The van der Waals surface area contributed by atoms with Crippen molar-refractivity contribution in [3.8, 4) is 0 Å². The van der Waals surface area contributed by atoms with Crippen LogP contribution in [-0.2, 0) is 9.53 Å². The Hall–Kier alpha value is -0.910. The molecule has 4 nitrogen and oxygen atoms in total. The van der Waals surface area contributed by atoms with Gasteiger partial charge in [-0.15, -0.1) is 11.3 Å². The summed E-state index contributed by atoms with van der Waals surface area (Å²) in [5.74, 6) is 0.100. The van der Waals surface area contributed by atoms with E-state index in [4.69, 9.17) is 10.5 Å². The summed E-state index contributed by atoms with van der Waals surface area (Å²) >= 11 is 1.65. The van der Waals surface area contributed by atoms with Gasteiger partial charge in [-0.05, 0) is 24.8 Å². The highest BCUT2D eigenvalue weighted by Crippen LogP contribution is 2.58. The van der Waals surface area contributed by atoms with Gasteiger partial charge in [0, 0.05) is 22.8 Å². The number of amides is 1. The molecule has 5 heteroatoms. The predicted molar refractivity (Wildman–Crippen MR) is 79.4 cm³/mol. The van der Waals surface area contributed by atoms with E-state index in [9.17, 15) is 4.79 Å². The van der Waals surface area contributed by atoms with Gasteiger partial charge in [-0.1, -0.05) is 19.9 Å². The first-order valence-corrected chi connectivity index (χ1v) is 8.02. The van der Waals surface area contributed by atoms with E-state index in [0.717, 1.165) is 11.3 Å². The van der Waals surface area contributed by atoms with E-state index in [-0.39, 0.29) is 29.4 Å². The Bertz CT molecular complexity index is 514. The second kappa shape index (κ2) is 4.55. The molecule has 110 valence electrons. The van der Waals surface area contributed by atoms with Crippen molar-refractivity contribution in [2.24, 2.45) is 17.1 Å². The van der Waals surface area contributed by atoms with Crippen LogP contribution < -0.4 is 11.1 Å². The topological polar surface area (TPSA) is 64.4 Å². The molecular weight excluding hydrogens is 272 g/mol. The summed E-state index contributed by atoms with van der Waals surface area (Å²) < 4.78 is 5.73. The Kier molecular flexibility index (Phi) is 3.19. The van der Waals surface area contributed by atoms with Crippen molar-refractivity contribution in [1.82, 2.24) is 5.32 Å². The van der Waals surface area contributed by atoms with Gasteiger partial charge in [0.1, 0.15) is 5.54 Å². The number of rotatable bonds is 3. The maximum absolute atomic E-state index is 12.7. The second-order valence-corrected chi connectivity index (χ2v) is 7.47. The molecule has 2 fully saturated rings. The number of nitrogens with one attached hydrogen (secondary N) is 1. The van der Waals surface area contributed by atoms with Gasteiger partial charge >= 0.3 is 0 Å². The summed E-state index contributed by atoms with van der Waals surface area (Å²) in [6.07, 6.45) is 1.00. The van der Waals surface area contributed by atoms with Crippen molar-refractivity contribution >= 4 is 17.2 Å². The quantitative estimate of drug-likeness (QED) is 0.897. The first-order valence-electron chi connectivity index (χ1n) is 7.14. The van der Waals surface area contributed by atoms with Crippen LogP contribution in [0.25, 0.3) is 0 Å². The van der Waals surface area contributed by atoms with E-state index in [0.29, 0.717) is 6.61 Å². The Morgan fingerprint density at radius 1 is 1.60 bits per heavy atom. The smallest absolute Gasteiger partial charge is 0.241 e. The highest BCUT2D eigenvalue weighted by molar-refractivity contribution is 7.10. The third-order valence-corrected chi connectivity index (χ3v) is 6.20. The molecule has 0 bridgehead atoms. The summed E-state index contributed by atoms with van der Waals surface area (Å²) in [6.45, 7) is 6.79. The lowest BCUT2D eigenvalue weighted by Gasteiger charge is -2.60. The number of ether oxygens (including phenoxy) is 1. The molecule has 4 atom stereocenters. The van der Waals surface area contributed by atoms with Crippen LogP contribution in [0.2, 0.25) is 0 Å². The Balaban J connectivity index is 1.77. The van der Waals surface area contributed by atoms with E-state index in [1.165, 1.54) is 0 Å². The van der Waals surface area contributed by atoms with Crippen molar-refractivity contribution < 1.29 is 9.53 Å². The number of nitrogens with two attached hydrogens (primary N) is 1. The molecule has 1 aliphatic carbocycles. The number of thiophene rings is 1. The van der Waals surface area contributed by atoms with E-state index in [1.54, 1.807) is 11.3 Å². The lowest BCUT2D eigenvalue weighted by atomic mass is 9.48. The average molecular weight is 294 g/mol. The molecule has 3 N–H and O–H groups in total. The van der Waals surface area contributed by atoms with E-state index >= 15 is 0 Å². The normalized spacial score (nSPS) is 36.0. The second-order valence-electron chi connectivity index (χ2n) is 6.49. The highest BCUT2D eigenvalue weighted by Gasteiger charge is 2.71. The van der Waals surface area contributed by atoms with Gasteiger partial charge < -0.3 is 15.8 Å². The molecule has 1 aliphatic heterocycles. The minimum atomic E-state index is -0.820. The van der Waals surface area contributed by atoms with E-state index in [2.05, 4.69) is 5.32 Å². The third-order valence-electron chi connectivity index (χ3n) is 5.15. The number of carbonyl (C=O) groups is 1. The molecular formula is C15H22N2O2S. The monoisotopic (exact) mass is 294 g/mol. The average Bonchev–Trinajstić information content (AvgIpc) is 3.07. The van der Waals surface area contributed by atoms with Crippen molar-refractivity contribution in [3.63, 3.8) is 0 Å². The summed E-state index contributed by atoms with van der Waals surface area (Å²) in [7, 11) is 0. The van der Waals surface area contributed by atoms with Crippen molar-refractivity contribution in [2.75, 3.05) is 6.61 Å². The molecule has 0 radical (unpaired) electrons. The van der Waals surface area contributed by atoms with Crippen molar-refractivity contribution in [1.29, 1.82) is 0 Å². The minimum absolute atomic E-state index is 0.0000893. The van der Waals surface area contributed by atoms with E-state index in [1.807, 2.05) is 38.3 Å². The van der Waals surface area contributed by atoms with Gasteiger partial charge in [-0.3, -0.25) is 4.79 Å². The Morgan fingerprint density at radius 2 is 2.35 bits per heavy atom. The van der Waals surface area contributed by atoms with Crippen LogP contribution in [0.4, 0.5) is 0 Å². The van der Waals surface area contributed by atoms with Crippen molar-refractivity contribution in [3.05, 3.63) is 22.4 Å². The fourth-order valence-electron chi connectivity index (χ4n) is 3.77. The zero-order valence-corrected chi connectivity index (χ0v) is 13.0. The molecule has 0 aromatic carbocycles. The van der Waals surface area contributed by atoms with Crippen molar-refractivity contribution in [2.45, 2.75) is 44.9 Å². The molecule has 1 saturated heterocycles. The lowest BCUT2D eigenvalue weighted by Crippen LogP contribution is -2.80. The van der Waals surface area contributed by atoms with Crippen LogP contribution >= 0.6 is 11.3 Å². The molecule has 2 heterocycles. The van der Waals surface area contributed by atoms with Crippen LogP contribution in [0.5, 0.6) is 0 Å². The van der Waals surface area contributed by atoms with Crippen LogP contribution in [-0.4, -0.2) is 24.2 Å². The lowest BCUT2D eigenvalue weighted by molar-refractivity contribution is -0.175. The summed E-state index contributed by atoms with van der Waals surface area (Å²) in [6, 6.07) is 4.03. The number of hydrogen-bond acceptors (Lipinski definition) is 4. The largest absolute Gasteiger partial charge is 0.377 e. The third kappa shape index (κ3) is 1.70. The van der Waals surface area contributed by atoms with Crippen LogP contribution in [0, 0.1) is 11.3 Å². The number of carbonyl (C=O) groups excluding carboxylic acids is 1. The molecule has 1 aromatic rings. The maximum atomic E-state index is 12.7. The zero-order chi connectivity index (χ0) is 14.5. The zero-order valence-electron chi connectivity index (χ0n) is 12.2. The van der Waals surface area contributed by atoms with Crippen LogP contribution in [0.3, 0.4) is 0 Å². The van der Waals surface area contributed by atoms with Gasteiger partial charge in [-0.25, -0.2) is 0 Å². The Morgan fingerprint density at radius 3 is 3.00 bits per heavy atom. The molecule has 3 rings (SSSR count). The van der Waals surface area contributed by atoms with Gasteiger partial charge in [0.2, 0.25) is 5.91 Å². The van der Waals surface area contributed by atoms with Gasteiger partial charge in [0.15, 0.2) is 0 Å². The molecule has 0 spiro atoms. The number of hydrogen-bond donors (Lipinski definition) is 2. The Labute approximate surface area is 123 Å². The molecule has 20 heavy (non-hydrogen) atoms. The molecule has 3 unspecified atom stereocenters. The standard InChI is InChI=1S/C15H22N2O2S/c1-9(11-5-4-8-20-11)17-13(18)15(16)10-6-7-19-12(10)14(15,2)3/h4-5,8-10,12H,6-7,16H2,1-3H3,(H,17,18)/t9-,10?,12?,15?/m1/s1. The number of fused-ring (bicyclic) bond motifs is 1.